The Balaban J connectivity index is 1.93. The van der Waals surface area contributed by atoms with E-state index in [9.17, 15) is 14.7 Å². The van der Waals surface area contributed by atoms with Crippen LogP contribution in [0.5, 0.6) is 0 Å². The second-order valence-electron chi connectivity index (χ2n) is 6.24. The predicted molar refractivity (Wildman–Crippen MR) is 93.5 cm³/mol. The summed E-state index contributed by atoms with van der Waals surface area (Å²) < 4.78 is 7.12. The molecule has 1 amide bonds. The van der Waals surface area contributed by atoms with Crippen LogP contribution in [0.1, 0.15) is 28.2 Å². The highest BCUT2D eigenvalue weighted by Crippen LogP contribution is 2.24. The number of hydrogen-bond acceptors (Lipinski definition) is 3. The highest BCUT2D eigenvalue weighted by Gasteiger charge is 2.44. The van der Waals surface area contributed by atoms with Crippen LogP contribution in [0.2, 0.25) is 5.02 Å². The van der Waals surface area contributed by atoms with Crippen molar-refractivity contribution in [3.63, 3.8) is 0 Å². The molecule has 7 heteroatoms. The molecule has 1 unspecified atom stereocenters. The summed E-state index contributed by atoms with van der Waals surface area (Å²) in [5, 5.41) is 12.8. The predicted octanol–water partition coefficient (Wildman–Crippen LogP) is 2.72. The van der Waals surface area contributed by atoms with Gasteiger partial charge in [0.25, 0.3) is 5.91 Å². The lowest BCUT2D eigenvalue weighted by Crippen LogP contribution is -2.55. The Labute approximate surface area is 150 Å². The quantitative estimate of drug-likeness (QED) is 0.876. The number of carboxylic acids is 1. The van der Waals surface area contributed by atoms with E-state index in [2.05, 4.69) is 5.32 Å². The first-order valence-electron chi connectivity index (χ1n) is 7.92. The third kappa shape index (κ3) is 3.15. The molecule has 0 spiro atoms. The van der Waals surface area contributed by atoms with Crippen LogP contribution in [0.4, 0.5) is 0 Å². The van der Waals surface area contributed by atoms with Gasteiger partial charge in [0.05, 0.1) is 12.2 Å². The molecule has 132 valence electrons. The first-order chi connectivity index (χ1) is 11.8. The summed E-state index contributed by atoms with van der Waals surface area (Å²) in [6, 6.07) is 9.06. The van der Waals surface area contributed by atoms with Crippen LogP contribution >= 0.6 is 11.6 Å². The van der Waals surface area contributed by atoms with E-state index in [1.807, 2.05) is 30.5 Å². The Morgan fingerprint density at radius 3 is 2.52 bits per heavy atom. The summed E-state index contributed by atoms with van der Waals surface area (Å²) >= 11 is 5.93. The van der Waals surface area contributed by atoms with E-state index in [1.54, 1.807) is 18.2 Å². The number of carbonyl (C=O) groups is 2. The van der Waals surface area contributed by atoms with E-state index in [-0.39, 0.29) is 13.0 Å². The number of carbonyl (C=O) groups excluding carboxylic acids is 1. The van der Waals surface area contributed by atoms with E-state index in [4.69, 9.17) is 16.3 Å². The van der Waals surface area contributed by atoms with E-state index in [0.29, 0.717) is 17.2 Å². The average molecular weight is 363 g/mol. The Morgan fingerprint density at radius 2 is 1.96 bits per heavy atom. The van der Waals surface area contributed by atoms with Crippen LogP contribution in [-0.4, -0.2) is 40.3 Å². The third-order valence-electron chi connectivity index (χ3n) is 4.54. The molecule has 0 saturated carbocycles. The Morgan fingerprint density at radius 1 is 1.28 bits per heavy atom. The van der Waals surface area contributed by atoms with Gasteiger partial charge >= 0.3 is 5.97 Å². The summed E-state index contributed by atoms with van der Waals surface area (Å²) in [4.78, 5) is 24.3. The molecule has 25 heavy (non-hydrogen) atoms. The summed E-state index contributed by atoms with van der Waals surface area (Å²) in [6.07, 6.45) is 0.254. The average Bonchev–Trinajstić information content (AvgIpc) is 3.14. The van der Waals surface area contributed by atoms with E-state index >= 15 is 0 Å². The number of aromatic nitrogens is 1. The molecule has 1 aromatic heterocycles. The van der Waals surface area contributed by atoms with Crippen LogP contribution in [0, 0.1) is 13.8 Å². The summed E-state index contributed by atoms with van der Waals surface area (Å²) in [6.45, 7) is 4.01. The van der Waals surface area contributed by atoms with Gasteiger partial charge in [-0.15, -0.1) is 0 Å². The molecule has 3 rings (SSSR count). The van der Waals surface area contributed by atoms with Gasteiger partial charge in [-0.2, -0.15) is 0 Å². The molecule has 2 aromatic rings. The van der Waals surface area contributed by atoms with Crippen molar-refractivity contribution < 1.29 is 19.4 Å². The maximum atomic E-state index is 12.7. The fourth-order valence-corrected chi connectivity index (χ4v) is 3.28. The standard InChI is InChI=1S/C18H19ClN2O4/c1-11-9-15(12(2)21(11)14-5-3-13(19)4-6-14)16(22)20-18(17(23)24)7-8-25-10-18/h3-6,9H,7-8,10H2,1-2H3,(H,20,22)(H,23,24). The fraction of sp³-hybridized carbons (Fsp3) is 0.333. The van der Waals surface area contributed by atoms with Crippen LogP contribution in [0.3, 0.4) is 0 Å². The lowest BCUT2D eigenvalue weighted by molar-refractivity contribution is -0.144. The molecule has 1 saturated heterocycles. The number of benzene rings is 1. The van der Waals surface area contributed by atoms with Crippen molar-refractivity contribution >= 4 is 23.5 Å². The third-order valence-corrected chi connectivity index (χ3v) is 4.80. The Kier molecular flexibility index (Phi) is 4.58. The van der Waals surface area contributed by atoms with Crippen LogP contribution in [0.15, 0.2) is 30.3 Å². The fourth-order valence-electron chi connectivity index (χ4n) is 3.15. The minimum Gasteiger partial charge on any atom is -0.479 e. The molecule has 1 aliphatic rings. The SMILES string of the molecule is Cc1cc(C(=O)NC2(C(=O)O)CCOC2)c(C)n1-c1ccc(Cl)cc1. The smallest absolute Gasteiger partial charge is 0.331 e. The zero-order valence-electron chi connectivity index (χ0n) is 14.0. The normalized spacial score (nSPS) is 19.8. The molecule has 1 atom stereocenters. The molecule has 6 nitrogen and oxygen atoms in total. The lowest BCUT2D eigenvalue weighted by Gasteiger charge is -2.23. The molecular formula is C18H19ClN2O4. The summed E-state index contributed by atoms with van der Waals surface area (Å²) in [5.74, 6) is -1.49. The van der Waals surface area contributed by atoms with Crippen LogP contribution in [0.25, 0.3) is 5.69 Å². The highest BCUT2D eigenvalue weighted by atomic mass is 35.5. The molecule has 0 radical (unpaired) electrons. The zero-order valence-corrected chi connectivity index (χ0v) is 14.8. The Hall–Kier alpha value is -2.31. The topological polar surface area (TPSA) is 80.6 Å². The minimum atomic E-state index is -1.36. The first kappa shape index (κ1) is 17.5. The number of nitrogens with one attached hydrogen (secondary N) is 1. The van der Waals surface area contributed by atoms with Gasteiger partial charge in [0.2, 0.25) is 0 Å². The first-order valence-corrected chi connectivity index (χ1v) is 8.30. The number of aliphatic carboxylic acids is 1. The van der Waals surface area contributed by atoms with Crippen molar-refractivity contribution in [2.24, 2.45) is 0 Å². The second kappa shape index (κ2) is 6.54. The number of nitrogens with zero attached hydrogens (tertiary/aromatic N) is 1. The number of halogens is 1. The number of carboxylic acid groups (broad SMARTS) is 1. The van der Waals surface area contributed by atoms with Gasteiger partial charge in [-0.1, -0.05) is 11.6 Å². The van der Waals surface area contributed by atoms with Crippen molar-refractivity contribution in [3.8, 4) is 5.69 Å². The number of ether oxygens (including phenoxy) is 1. The largest absolute Gasteiger partial charge is 0.479 e. The van der Waals surface area contributed by atoms with E-state index in [1.165, 1.54) is 0 Å². The molecular weight excluding hydrogens is 344 g/mol. The molecule has 1 aromatic carbocycles. The van der Waals surface area contributed by atoms with Crippen molar-refractivity contribution in [1.82, 2.24) is 9.88 Å². The number of rotatable bonds is 4. The van der Waals surface area contributed by atoms with Crippen molar-refractivity contribution in [3.05, 3.63) is 52.3 Å². The van der Waals surface area contributed by atoms with Crippen LogP contribution < -0.4 is 5.32 Å². The maximum Gasteiger partial charge on any atom is 0.331 e. The van der Waals surface area contributed by atoms with Gasteiger partial charge in [-0.05, 0) is 44.2 Å². The van der Waals surface area contributed by atoms with E-state index in [0.717, 1.165) is 17.1 Å². The number of amides is 1. The molecule has 0 bridgehead atoms. The number of hydrogen-bond donors (Lipinski definition) is 2. The van der Waals surface area contributed by atoms with Gasteiger partial charge in [0.15, 0.2) is 5.54 Å². The van der Waals surface area contributed by atoms with Gasteiger partial charge in [0.1, 0.15) is 0 Å². The van der Waals surface area contributed by atoms with Crippen molar-refractivity contribution in [1.29, 1.82) is 0 Å². The summed E-state index contributed by atoms with van der Waals surface area (Å²) in [7, 11) is 0. The maximum absolute atomic E-state index is 12.7. The highest BCUT2D eigenvalue weighted by molar-refractivity contribution is 6.30. The van der Waals surface area contributed by atoms with Crippen molar-refractivity contribution in [2.75, 3.05) is 13.2 Å². The summed E-state index contributed by atoms with van der Waals surface area (Å²) in [5.41, 5.74) is 1.57. The van der Waals surface area contributed by atoms with Gasteiger partial charge < -0.3 is 19.7 Å². The lowest BCUT2D eigenvalue weighted by atomic mass is 9.98. The molecule has 0 aliphatic carbocycles. The Bertz CT molecular complexity index is 820. The van der Waals surface area contributed by atoms with Gasteiger partial charge in [0, 0.05) is 35.1 Å². The minimum absolute atomic E-state index is 0.0238. The van der Waals surface area contributed by atoms with Crippen LogP contribution in [-0.2, 0) is 9.53 Å². The molecule has 2 N–H and O–H groups in total. The zero-order chi connectivity index (χ0) is 18.2. The second-order valence-corrected chi connectivity index (χ2v) is 6.68. The number of aryl methyl sites for hydroxylation is 1. The molecule has 1 aliphatic heterocycles. The van der Waals surface area contributed by atoms with Gasteiger partial charge in [-0.25, -0.2) is 4.79 Å². The van der Waals surface area contributed by atoms with Crippen molar-refractivity contribution in [2.45, 2.75) is 25.8 Å². The van der Waals surface area contributed by atoms with Gasteiger partial charge in [-0.3, -0.25) is 4.79 Å². The monoisotopic (exact) mass is 362 g/mol. The molecule has 2 heterocycles. The molecule has 1 fully saturated rings. The van der Waals surface area contributed by atoms with E-state index < -0.39 is 17.4 Å².